The average molecular weight is 673 g/mol. The van der Waals surface area contributed by atoms with Gasteiger partial charge in [-0.25, -0.2) is 9.78 Å². The first-order valence-corrected chi connectivity index (χ1v) is 18.0. The van der Waals surface area contributed by atoms with Crippen LogP contribution in [0.1, 0.15) is 55.7 Å². The Morgan fingerprint density at radius 1 is 0.627 bits per heavy atom. The molecule has 0 unspecified atom stereocenters. The maximum Gasteiger partial charge on any atom is 0.356 e. The van der Waals surface area contributed by atoms with Crippen LogP contribution >= 0.6 is 0 Å². The Bertz CT molecular complexity index is 2500. The fraction of sp³-hybridized carbons (Fsp3) is 0.233. The molecule has 8 aromatic rings. The third kappa shape index (κ3) is 6.01. The van der Waals surface area contributed by atoms with Crippen LogP contribution in [0.2, 0.25) is 0 Å². The third-order valence-electron chi connectivity index (χ3n) is 9.78. The predicted octanol–water partition coefficient (Wildman–Crippen LogP) is 9.82. The van der Waals surface area contributed by atoms with Crippen molar-refractivity contribution in [2.24, 2.45) is 0 Å². The summed E-state index contributed by atoms with van der Waals surface area (Å²) < 4.78 is 10.2. The van der Waals surface area contributed by atoms with Crippen molar-refractivity contribution in [3.05, 3.63) is 121 Å². The molecule has 0 aliphatic carbocycles. The van der Waals surface area contributed by atoms with Crippen LogP contribution < -0.4 is 0 Å². The van der Waals surface area contributed by atoms with Gasteiger partial charge in [0, 0.05) is 87.3 Å². The lowest BCUT2D eigenvalue weighted by atomic mass is 10.1. The van der Waals surface area contributed by atoms with Crippen molar-refractivity contribution < 1.29 is 9.53 Å². The average Bonchev–Trinajstić information content (AvgIpc) is 3.68. The highest BCUT2D eigenvalue weighted by molar-refractivity contribution is 6.14. The molecule has 0 bridgehead atoms. The SMILES string of the molecule is CCOC(=O)c1cc2c3ccccc3n(CCCCCCn3c4ccccc4c4cc(CC)nc(-c5cccnc5)c43)c2c(-c2cccnc2)n1. The number of unbranched alkanes of at least 4 members (excludes halogenated alkanes) is 3. The lowest BCUT2D eigenvalue weighted by Gasteiger charge is -2.13. The lowest BCUT2D eigenvalue weighted by Crippen LogP contribution is -2.09. The van der Waals surface area contributed by atoms with Crippen molar-refractivity contribution >= 4 is 49.6 Å². The van der Waals surface area contributed by atoms with Gasteiger partial charge in [-0.3, -0.25) is 15.0 Å². The molecule has 0 radical (unpaired) electrons. The second kappa shape index (κ2) is 14.2. The summed E-state index contributed by atoms with van der Waals surface area (Å²) in [5.74, 6) is -0.418. The summed E-state index contributed by atoms with van der Waals surface area (Å²) in [4.78, 5) is 31.7. The van der Waals surface area contributed by atoms with Crippen molar-refractivity contribution in [2.45, 2.75) is 59.0 Å². The molecule has 0 saturated carbocycles. The smallest absolute Gasteiger partial charge is 0.356 e. The number of pyridine rings is 4. The molecule has 0 atom stereocenters. The molecule has 6 aromatic heterocycles. The van der Waals surface area contributed by atoms with Gasteiger partial charge in [0.1, 0.15) is 5.69 Å². The van der Waals surface area contributed by atoms with Crippen LogP contribution in [0, 0.1) is 0 Å². The van der Waals surface area contributed by atoms with Gasteiger partial charge in [0.15, 0.2) is 0 Å². The number of aromatic nitrogens is 6. The first kappa shape index (κ1) is 32.3. The first-order chi connectivity index (χ1) is 25.2. The molecule has 0 saturated heterocycles. The highest BCUT2D eigenvalue weighted by atomic mass is 16.5. The second-order valence-electron chi connectivity index (χ2n) is 12.9. The molecule has 8 nitrogen and oxygen atoms in total. The van der Waals surface area contributed by atoms with Gasteiger partial charge >= 0.3 is 5.97 Å². The van der Waals surface area contributed by atoms with E-state index in [1.807, 2.05) is 55.8 Å². The van der Waals surface area contributed by atoms with E-state index in [4.69, 9.17) is 14.7 Å². The molecule has 0 N–H and O–H groups in total. The summed E-state index contributed by atoms with van der Waals surface area (Å²) in [6.45, 7) is 6.01. The first-order valence-electron chi connectivity index (χ1n) is 18.0. The Hall–Kier alpha value is -5.89. The molecule has 254 valence electrons. The van der Waals surface area contributed by atoms with Crippen LogP contribution in [0.4, 0.5) is 0 Å². The summed E-state index contributed by atoms with van der Waals surface area (Å²) in [7, 11) is 0. The summed E-state index contributed by atoms with van der Waals surface area (Å²) in [6.07, 6.45) is 12.4. The van der Waals surface area contributed by atoms with E-state index in [9.17, 15) is 4.79 Å². The number of rotatable bonds is 12. The van der Waals surface area contributed by atoms with E-state index in [-0.39, 0.29) is 0 Å². The number of hydrogen-bond acceptors (Lipinski definition) is 6. The molecule has 6 heterocycles. The monoisotopic (exact) mass is 672 g/mol. The lowest BCUT2D eigenvalue weighted by molar-refractivity contribution is 0.0520. The molecular formula is C43H40N6O2. The maximum absolute atomic E-state index is 12.9. The van der Waals surface area contributed by atoms with Crippen molar-refractivity contribution in [2.75, 3.05) is 6.61 Å². The summed E-state index contributed by atoms with van der Waals surface area (Å²) in [5.41, 5.74) is 9.64. The van der Waals surface area contributed by atoms with Crippen LogP contribution in [-0.2, 0) is 24.2 Å². The summed E-state index contributed by atoms with van der Waals surface area (Å²) >= 11 is 0. The minimum Gasteiger partial charge on any atom is -0.461 e. The summed E-state index contributed by atoms with van der Waals surface area (Å²) in [5, 5.41) is 4.62. The number of fused-ring (bicyclic) bond motifs is 6. The van der Waals surface area contributed by atoms with Gasteiger partial charge < -0.3 is 13.9 Å². The number of aryl methyl sites for hydroxylation is 3. The number of esters is 1. The van der Waals surface area contributed by atoms with Gasteiger partial charge in [-0.2, -0.15) is 0 Å². The van der Waals surface area contributed by atoms with Gasteiger partial charge in [0.25, 0.3) is 0 Å². The van der Waals surface area contributed by atoms with Crippen LogP contribution in [-0.4, -0.2) is 41.6 Å². The highest BCUT2D eigenvalue weighted by Gasteiger charge is 2.21. The van der Waals surface area contributed by atoms with Gasteiger partial charge in [-0.1, -0.05) is 56.2 Å². The van der Waals surface area contributed by atoms with E-state index in [2.05, 4.69) is 80.6 Å². The Labute approximate surface area is 296 Å². The molecular weight excluding hydrogens is 633 g/mol. The number of carbonyl (C=O) groups is 1. The van der Waals surface area contributed by atoms with Crippen molar-refractivity contribution in [3.63, 3.8) is 0 Å². The number of para-hydroxylation sites is 2. The van der Waals surface area contributed by atoms with Crippen LogP contribution in [0.25, 0.3) is 66.1 Å². The topological polar surface area (TPSA) is 87.7 Å². The van der Waals surface area contributed by atoms with Gasteiger partial charge in [-0.05, 0) is 74.7 Å². The zero-order valence-electron chi connectivity index (χ0n) is 29.0. The zero-order chi connectivity index (χ0) is 34.7. The third-order valence-corrected chi connectivity index (χ3v) is 9.78. The van der Waals surface area contributed by atoms with Crippen molar-refractivity contribution in [1.82, 2.24) is 29.1 Å². The highest BCUT2D eigenvalue weighted by Crippen LogP contribution is 2.37. The van der Waals surface area contributed by atoms with Crippen LogP contribution in [0.3, 0.4) is 0 Å². The van der Waals surface area contributed by atoms with E-state index >= 15 is 0 Å². The second-order valence-corrected chi connectivity index (χ2v) is 12.9. The molecule has 0 aliphatic rings. The molecule has 8 rings (SSSR count). The molecule has 0 amide bonds. The number of nitrogens with zero attached hydrogens (tertiary/aromatic N) is 6. The quantitative estimate of drug-likeness (QED) is 0.0949. The van der Waals surface area contributed by atoms with Crippen molar-refractivity contribution in [1.29, 1.82) is 0 Å². The minimum atomic E-state index is -0.418. The largest absolute Gasteiger partial charge is 0.461 e. The van der Waals surface area contributed by atoms with E-state index < -0.39 is 5.97 Å². The maximum atomic E-state index is 12.9. The normalized spacial score (nSPS) is 11.6. The fourth-order valence-corrected chi connectivity index (χ4v) is 7.46. The van der Waals surface area contributed by atoms with Crippen LogP contribution in [0.15, 0.2) is 110 Å². The molecule has 0 aliphatic heterocycles. The molecule has 2 aromatic carbocycles. The molecule has 51 heavy (non-hydrogen) atoms. The molecule has 0 fully saturated rings. The Morgan fingerprint density at radius 2 is 1.18 bits per heavy atom. The van der Waals surface area contributed by atoms with E-state index in [0.29, 0.717) is 12.3 Å². The number of carbonyl (C=O) groups excluding carboxylic acids is 1. The fourth-order valence-electron chi connectivity index (χ4n) is 7.46. The van der Waals surface area contributed by atoms with Crippen LogP contribution in [0.5, 0.6) is 0 Å². The molecule has 8 heteroatoms. The van der Waals surface area contributed by atoms with E-state index in [1.165, 1.54) is 21.8 Å². The van der Waals surface area contributed by atoms with Gasteiger partial charge in [0.05, 0.1) is 29.0 Å². The zero-order valence-corrected chi connectivity index (χ0v) is 29.0. The Balaban J connectivity index is 1.08. The Kier molecular flexibility index (Phi) is 8.97. The van der Waals surface area contributed by atoms with E-state index in [0.717, 1.165) is 95.2 Å². The Morgan fingerprint density at radius 3 is 1.71 bits per heavy atom. The van der Waals surface area contributed by atoms with Gasteiger partial charge in [-0.15, -0.1) is 0 Å². The molecule has 0 spiro atoms. The predicted molar refractivity (Wildman–Crippen MR) is 205 cm³/mol. The van der Waals surface area contributed by atoms with E-state index in [1.54, 1.807) is 6.20 Å². The number of ether oxygens (including phenoxy) is 1. The number of hydrogen-bond donors (Lipinski definition) is 0. The number of benzene rings is 2. The van der Waals surface area contributed by atoms with Crippen molar-refractivity contribution in [3.8, 4) is 22.5 Å². The summed E-state index contributed by atoms with van der Waals surface area (Å²) in [6, 6.07) is 29.3. The minimum absolute atomic E-state index is 0.293. The van der Waals surface area contributed by atoms with Gasteiger partial charge in [0.2, 0.25) is 0 Å². The standard InChI is InChI=1S/C43H40N6O2/c1-3-31-25-34-32-17-7-9-19-37(32)48(41(34)39(46-31)29-15-13-21-44-27-29)23-11-5-6-12-24-49-38-20-10-8-18-33(38)35-26-36(43(50)51-4-2)47-40(42(35)49)30-16-14-22-45-28-30/h7-10,13-22,25-28H,3-6,11-12,23-24H2,1-2H3.